The van der Waals surface area contributed by atoms with Crippen molar-refractivity contribution < 1.29 is 31.4 Å². The highest BCUT2D eigenvalue weighted by molar-refractivity contribution is 5.21. The van der Waals surface area contributed by atoms with Gasteiger partial charge in [0.1, 0.15) is 17.5 Å². The van der Waals surface area contributed by atoms with Crippen molar-refractivity contribution >= 4 is 0 Å². The van der Waals surface area contributed by atoms with Gasteiger partial charge in [-0.1, -0.05) is 0 Å². The second-order valence-electron chi connectivity index (χ2n) is 4.55. The van der Waals surface area contributed by atoms with Crippen LogP contribution in [0.4, 0.5) is 22.0 Å². The molecule has 1 aromatic rings. The van der Waals surface area contributed by atoms with E-state index in [4.69, 9.17) is 4.74 Å². The summed E-state index contributed by atoms with van der Waals surface area (Å²) in [5, 5.41) is 2.93. The molecular formula is C12H13F5N2O2. The Bertz CT molecular complexity index is 452. The molecule has 4 nitrogen and oxygen atoms in total. The van der Waals surface area contributed by atoms with Crippen molar-refractivity contribution in [1.82, 2.24) is 10.3 Å². The second-order valence-corrected chi connectivity index (χ2v) is 4.55. The van der Waals surface area contributed by atoms with Crippen LogP contribution in [-0.2, 0) is 10.9 Å². The van der Waals surface area contributed by atoms with E-state index in [1.54, 1.807) is 0 Å². The third-order valence-electron chi connectivity index (χ3n) is 2.93. The molecule has 0 saturated carbocycles. The molecule has 9 heteroatoms. The molecule has 118 valence electrons. The van der Waals surface area contributed by atoms with Gasteiger partial charge in [-0.05, 0) is 12.1 Å². The quantitative estimate of drug-likeness (QED) is 0.848. The van der Waals surface area contributed by atoms with Crippen molar-refractivity contribution in [2.75, 3.05) is 13.2 Å². The van der Waals surface area contributed by atoms with E-state index in [0.717, 1.165) is 12.3 Å². The monoisotopic (exact) mass is 312 g/mol. The van der Waals surface area contributed by atoms with Crippen LogP contribution >= 0.6 is 0 Å². The molecule has 0 unspecified atom stereocenters. The summed E-state index contributed by atoms with van der Waals surface area (Å²) < 4.78 is 70.4. The van der Waals surface area contributed by atoms with Gasteiger partial charge in [-0.15, -0.1) is 0 Å². The third-order valence-corrected chi connectivity index (χ3v) is 2.93. The summed E-state index contributed by atoms with van der Waals surface area (Å²) in [5.41, 5.74) is -0.998. The van der Waals surface area contributed by atoms with E-state index in [-0.39, 0.29) is 24.5 Å². The zero-order valence-electron chi connectivity index (χ0n) is 10.7. The molecule has 21 heavy (non-hydrogen) atoms. The summed E-state index contributed by atoms with van der Waals surface area (Å²) >= 11 is 0. The number of aromatic nitrogens is 1. The number of nitrogens with one attached hydrogen (secondary N) is 1. The molecule has 1 aliphatic heterocycles. The molecule has 1 aromatic heterocycles. The zero-order valence-corrected chi connectivity index (χ0v) is 10.7. The van der Waals surface area contributed by atoms with E-state index in [2.05, 4.69) is 15.0 Å². The number of pyridine rings is 1. The third kappa shape index (κ3) is 4.78. The van der Waals surface area contributed by atoms with E-state index in [9.17, 15) is 22.0 Å². The average molecular weight is 312 g/mol. The van der Waals surface area contributed by atoms with E-state index in [1.165, 1.54) is 6.07 Å². The lowest BCUT2D eigenvalue weighted by molar-refractivity contribution is -0.141. The first kappa shape index (κ1) is 15.9. The molecular weight excluding hydrogens is 299 g/mol. The van der Waals surface area contributed by atoms with Gasteiger partial charge in [0.15, 0.2) is 0 Å². The van der Waals surface area contributed by atoms with Crippen LogP contribution in [0.5, 0.6) is 5.75 Å². The summed E-state index contributed by atoms with van der Waals surface area (Å²) in [4.78, 5) is 3.28. The normalized spacial score (nSPS) is 22.8. The lowest BCUT2D eigenvalue weighted by Crippen LogP contribution is -2.27. The fraction of sp³-hybridized carbons (Fsp3) is 0.583. The summed E-state index contributed by atoms with van der Waals surface area (Å²) in [6.07, 6.45) is -3.40. The molecule has 1 N–H and O–H groups in total. The highest BCUT2D eigenvalue weighted by Crippen LogP contribution is 2.28. The van der Waals surface area contributed by atoms with Crippen LogP contribution in [0.1, 0.15) is 12.1 Å². The highest BCUT2D eigenvalue weighted by atomic mass is 19.4. The van der Waals surface area contributed by atoms with Gasteiger partial charge < -0.3 is 14.8 Å². The van der Waals surface area contributed by atoms with Crippen LogP contribution in [0, 0.1) is 0 Å². The van der Waals surface area contributed by atoms with Crippen LogP contribution in [0.2, 0.25) is 0 Å². The van der Waals surface area contributed by atoms with Gasteiger partial charge in [-0.25, -0.2) is 4.98 Å². The smallest absolute Gasteiger partial charge is 0.433 e. The molecule has 2 heterocycles. The van der Waals surface area contributed by atoms with Crippen LogP contribution in [0.3, 0.4) is 0 Å². The zero-order chi connectivity index (χ0) is 15.5. The topological polar surface area (TPSA) is 43.4 Å². The number of halogens is 5. The Morgan fingerprint density at radius 3 is 2.67 bits per heavy atom. The Kier molecular flexibility index (Phi) is 4.94. The summed E-state index contributed by atoms with van der Waals surface area (Å²) in [6, 6.07) is 1.74. The minimum absolute atomic E-state index is 0.150. The number of nitrogens with zero attached hydrogens (tertiary/aromatic N) is 1. The van der Waals surface area contributed by atoms with Gasteiger partial charge in [0.25, 0.3) is 0 Å². The molecule has 1 saturated heterocycles. The molecule has 0 aliphatic carbocycles. The van der Waals surface area contributed by atoms with Gasteiger partial charge >= 0.3 is 12.8 Å². The van der Waals surface area contributed by atoms with Crippen LogP contribution in [0.15, 0.2) is 18.3 Å². The number of alkyl halides is 5. The van der Waals surface area contributed by atoms with Crippen molar-refractivity contribution in [2.24, 2.45) is 0 Å². The first-order valence-corrected chi connectivity index (χ1v) is 6.17. The maximum absolute atomic E-state index is 12.3. The number of hydrogen-bond donors (Lipinski definition) is 1. The largest absolute Gasteiger partial charge is 0.487 e. The van der Waals surface area contributed by atoms with Crippen LogP contribution in [0.25, 0.3) is 0 Å². The molecule has 0 bridgehead atoms. The lowest BCUT2D eigenvalue weighted by atomic mass is 10.2. The van der Waals surface area contributed by atoms with Gasteiger partial charge in [-0.3, -0.25) is 0 Å². The van der Waals surface area contributed by atoms with E-state index in [1.807, 2.05) is 0 Å². The van der Waals surface area contributed by atoms with Crippen molar-refractivity contribution in [3.63, 3.8) is 0 Å². The molecule has 1 fully saturated rings. The molecule has 0 amide bonds. The maximum Gasteiger partial charge on any atom is 0.433 e. The minimum atomic E-state index is -4.49. The Hall–Kier alpha value is -1.48. The fourth-order valence-corrected chi connectivity index (χ4v) is 2.00. The highest BCUT2D eigenvalue weighted by Gasteiger charge is 2.32. The first-order chi connectivity index (χ1) is 9.84. The number of hydrogen-bond acceptors (Lipinski definition) is 4. The van der Waals surface area contributed by atoms with Crippen molar-refractivity contribution in [3.05, 3.63) is 24.0 Å². The maximum atomic E-state index is 12.3. The van der Waals surface area contributed by atoms with Gasteiger partial charge in [0.2, 0.25) is 0 Å². The molecule has 1 aliphatic rings. The Morgan fingerprint density at radius 1 is 1.33 bits per heavy atom. The molecule has 2 atom stereocenters. The van der Waals surface area contributed by atoms with Gasteiger partial charge in [-0.2, -0.15) is 22.0 Å². The second kappa shape index (κ2) is 6.52. The standard InChI is InChI=1S/C12H13F5N2O2/c13-11(14)20-6-7-3-9(5-18-7)21-8-1-2-10(19-4-8)12(15,16)17/h1-2,4,7,9,11,18H,3,5-6H2/t7-,9-/m0/s1. The average Bonchev–Trinajstić information content (AvgIpc) is 2.83. The van der Waals surface area contributed by atoms with E-state index < -0.39 is 18.5 Å². The van der Waals surface area contributed by atoms with Gasteiger partial charge in [0, 0.05) is 19.0 Å². The predicted octanol–water partition coefficient (Wildman–Crippen LogP) is 2.45. The minimum Gasteiger partial charge on any atom is -0.487 e. The summed E-state index contributed by atoms with van der Waals surface area (Å²) in [5.74, 6) is 0.199. The fourth-order valence-electron chi connectivity index (χ4n) is 2.00. The van der Waals surface area contributed by atoms with Gasteiger partial charge in [0.05, 0.1) is 12.8 Å². The van der Waals surface area contributed by atoms with Crippen molar-refractivity contribution in [2.45, 2.75) is 31.4 Å². The molecule has 0 aromatic carbocycles. The van der Waals surface area contributed by atoms with Crippen LogP contribution in [-0.4, -0.2) is 36.9 Å². The van der Waals surface area contributed by atoms with Crippen molar-refractivity contribution in [1.29, 1.82) is 0 Å². The lowest BCUT2D eigenvalue weighted by Gasteiger charge is -2.13. The van der Waals surface area contributed by atoms with Crippen LogP contribution < -0.4 is 10.1 Å². The first-order valence-electron chi connectivity index (χ1n) is 6.17. The van der Waals surface area contributed by atoms with E-state index >= 15 is 0 Å². The number of rotatable bonds is 5. The summed E-state index contributed by atoms with van der Waals surface area (Å²) in [7, 11) is 0. The molecule has 0 radical (unpaired) electrons. The Balaban J connectivity index is 1.83. The predicted molar refractivity (Wildman–Crippen MR) is 62.0 cm³/mol. The number of ether oxygens (including phenoxy) is 2. The molecule has 2 rings (SSSR count). The SMILES string of the molecule is FC(F)OC[C@@H]1C[C@H](Oc2ccc(C(F)(F)F)nc2)CN1. The summed E-state index contributed by atoms with van der Waals surface area (Å²) in [6.45, 7) is -2.58. The van der Waals surface area contributed by atoms with E-state index in [0.29, 0.717) is 13.0 Å². The Labute approximate surface area is 117 Å². The Morgan fingerprint density at radius 2 is 2.10 bits per heavy atom. The molecule has 0 spiro atoms. The van der Waals surface area contributed by atoms with Crippen molar-refractivity contribution in [3.8, 4) is 5.75 Å².